The second-order valence-electron chi connectivity index (χ2n) is 13.7. The summed E-state index contributed by atoms with van der Waals surface area (Å²) in [5.74, 6) is 0. The summed E-state index contributed by atoms with van der Waals surface area (Å²) in [6.45, 7) is 0. The van der Waals surface area contributed by atoms with Crippen molar-refractivity contribution < 1.29 is 0 Å². The van der Waals surface area contributed by atoms with Gasteiger partial charge in [-0.1, -0.05) is 176 Å². The molecular weight excluding hydrogens is 639 g/mol. The SMILES string of the molecule is c1ccc(-c2ccc(-c3cccc(N(c4ccccc4)c4ccc(-c5cc6c7ccccc7ccc6c6ccccc56)c5ccccc45)c3)cc2)cc1. The van der Waals surface area contributed by atoms with E-state index in [1.165, 1.54) is 76.5 Å². The van der Waals surface area contributed by atoms with E-state index in [0.717, 1.165) is 17.1 Å². The molecule has 1 nitrogen and oxygen atoms in total. The highest BCUT2D eigenvalue weighted by atomic mass is 15.1. The zero-order valence-electron chi connectivity index (χ0n) is 29.2. The van der Waals surface area contributed by atoms with E-state index in [4.69, 9.17) is 0 Å². The molecule has 0 spiro atoms. The van der Waals surface area contributed by atoms with Crippen LogP contribution >= 0.6 is 0 Å². The van der Waals surface area contributed by atoms with Crippen LogP contribution in [0, 0.1) is 0 Å². The molecule has 248 valence electrons. The first kappa shape index (κ1) is 30.8. The van der Waals surface area contributed by atoms with Gasteiger partial charge in [-0.25, -0.2) is 0 Å². The fraction of sp³-hybridized carbons (Fsp3) is 0. The zero-order chi connectivity index (χ0) is 35.1. The Labute approximate surface area is 309 Å². The molecule has 0 saturated carbocycles. The highest BCUT2D eigenvalue weighted by Gasteiger charge is 2.19. The van der Waals surface area contributed by atoms with E-state index < -0.39 is 0 Å². The van der Waals surface area contributed by atoms with Gasteiger partial charge < -0.3 is 4.90 Å². The lowest BCUT2D eigenvalue weighted by Gasteiger charge is -2.28. The molecular formula is C52H35N. The number of nitrogens with zero attached hydrogens (tertiary/aromatic N) is 1. The Morgan fingerprint density at radius 2 is 0.774 bits per heavy atom. The molecule has 10 rings (SSSR count). The van der Waals surface area contributed by atoms with Gasteiger partial charge in [-0.15, -0.1) is 0 Å². The van der Waals surface area contributed by atoms with Crippen LogP contribution in [0.15, 0.2) is 212 Å². The number of anilines is 3. The lowest BCUT2D eigenvalue weighted by atomic mass is 9.88. The summed E-state index contributed by atoms with van der Waals surface area (Å²) < 4.78 is 0. The largest absolute Gasteiger partial charge is 0.310 e. The van der Waals surface area contributed by atoms with Crippen LogP contribution in [0.1, 0.15) is 0 Å². The number of hydrogen-bond donors (Lipinski definition) is 0. The predicted molar refractivity (Wildman–Crippen MR) is 227 cm³/mol. The Bertz CT molecular complexity index is 2930. The lowest BCUT2D eigenvalue weighted by Crippen LogP contribution is -2.10. The highest BCUT2D eigenvalue weighted by Crippen LogP contribution is 2.45. The summed E-state index contributed by atoms with van der Waals surface area (Å²) in [6.07, 6.45) is 0. The summed E-state index contributed by atoms with van der Waals surface area (Å²) in [6, 6.07) is 77.2. The van der Waals surface area contributed by atoms with Crippen LogP contribution in [-0.2, 0) is 0 Å². The first-order valence-electron chi connectivity index (χ1n) is 18.3. The van der Waals surface area contributed by atoms with Crippen molar-refractivity contribution in [1.82, 2.24) is 0 Å². The normalized spacial score (nSPS) is 11.4. The predicted octanol–water partition coefficient (Wildman–Crippen LogP) is 14.8. The smallest absolute Gasteiger partial charge is 0.0540 e. The van der Waals surface area contributed by atoms with E-state index in [1.54, 1.807) is 0 Å². The molecule has 0 N–H and O–H groups in total. The Morgan fingerprint density at radius 1 is 0.245 bits per heavy atom. The Balaban J connectivity index is 1.15. The minimum absolute atomic E-state index is 1.11. The van der Waals surface area contributed by atoms with Crippen LogP contribution in [0.5, 0.6) is 0 Å². The molecule has 1 heteroatoms. The summed E-state index contributed by atoms with van der Waals surface area (Å²) in [5.41, 5.74) is 10.7. The maximum Gasteiger partial charge on any atom is 0.0540 e. The maximum absolute atomic E-state index is 2.42. The van der Waals surface area contributed by atoms with Gasteiger partial charge in [-0.3, -0.25) is 0 Å². The van der Waals surface area contributed by atoms with Crippen molar-refractivity contribution >= 4 is 60.2 Å². The molecule has 0 aromatic heterocycles. The van der Waals surface area contributed by atoms with Gasteiger partial charge in [0.15, 0.2) is 0 Å². The molecule has 0 aliphatic carbocycles. The van der Waals surface area contributed by atoms with Crippen LogP contribution in [0.3, 0.4) is 0 Å². The van der Waals surface area contributed by atoms with Gasteiger partial charge in [0.2, 0.25) is 0 Å². The molecule has 0 unspecified atom stereocenters. The highest BCUT2D eigenvalue weighted by molar-refractivity contribution is 6.22. The molecule has 0 bridgehead atoms. The van der Waals surface area contributed by atoms with Gasteiger partial charge in [0, 0.05) is 16.8 Å². The number of para-hydroxylation sites is 1. The van der Waals surface area contributed by atoms with Crippen molar-refractivity contribution in [3.63, 3.8) is 0 Å². The summed E-state index contributed by atoms with van der Waals surface area (Å²) in [7, 11) is 0. The molecule has 0 aliphatic heterocycles. The lowest BCUT2D eigenvalue weighted by molar-refractivity contribution is 1.30. The van der Waals surface area contributed by atoms with Gasteiger partial charge in [0.25, 0.3) is 0 Å². The van der Waals surface area contributed by atoms with E-state index in [9.17, 15) is 0 Å². The second-order valence-corrected chi connectivity index (χ2v) is 13.7. The number of benzene rings is 10. The summed E-state index contributed by atoms with van der Waals surface area (Å²) in [4.78, 5) is 2.40. The third-order valence-electron chi connectivity index (χ3n) is 10.6. The average Bonchev–Trinajstić information content (AvgIpc) is 3.24. The topological polar surface area (TPSA) is 3.24 Å². The van der Waals surface area contributed by atoms with Crippen LogP contribution in [0.2, 0.25) is 0 Å². The minimum atomic E-state index is 1.11. The minimum Gasteiger partial charge on any atom is -0.310 e. The number of hydrogen-bond acceptors (Lipinski definition) is 1. The summed E-state index contributed by atoms with van der Waals surface area (Å²) >= 11 is 0. The van der Waals surface area contributed by atoms with Gasteiger partial charge in [-0.2, -0.15) is 0 Å². The van der Waals surface area contributed by atoms with Crippen molar-refractivity contribution in [2.24, 2.45) is 0 Å². The molecule has 0 heterocycles. The number of rotatable bonds is 6. The third-order valence-corrected chi connectivity index (χ3v) is 10.6. The third kappa shape index (κ3) is 5.42. The average molecular weight is 674 g/mol. The Kier molecular flexibility index (Phi) is 7.55. The van der Waals surface area contributed by atoms with Crippen molar-refractivity contribution in [2.75, 3.05) is 4.90 Å². The quantitative estimate of drug-likeness (QED) is 0.159. The molecule has 0 saturated heterocycles. The van der Waals surface area contributed by atoms with E-state index in [-0.39, 0.29) is 0 Å². The van der Waals surface area contributed by atoms with Crippen LogP contribution in [0.25, 0.3) is 76.5 Å². The molecule has 10 aromatic rings. The van der Waals surface area contributed by atoms with Crippen molar-refractivity contribution in [3.8, 4) is 33.4 Å². The molecule has 10 aromatic carbocycles. The zero-order valence-corrected chi connectivity index (χ0v) is 29.2. The van der Waals surface area contributed by atoms with Crippen LogP contribution in [-0.4, -0.2) is 0 Å². The van der Waals surface area contributed by atoms with Crippen molar-refractivity contribution in [3.05, 3.63) is 212 Å². The van der Waals surface area contributed by atoms with Gasteiger partial charge >= 0.3 is 0 Å². The fourth-order valence-corrected chi connectivity index (χ4v) is 8.11. The van der Waals surface area contributed by atoms with E-state index in [0.29, 0.717) is 0 Å². The molecule has 0 aliphatic rings. The van der Waals surface area contributed by atoms with Crippen molar-refractivity contribution in [1.29, 1.82) is 0 Å². The maximum atomic E-state index is 2.42. The van der Waals surface area contributed by atoms with E-state index >= 15 is 0 Å². The fourth-order valence-electron chi connectivity index (χ4n) is 8.11. The standard InChI is InChI=1S/C52H35N/c1-3-14-36(15-4-1)37-26-28-38(29-27-37)40-17-13-20-42(34-40)53(41-18-5-2-6-19-41)52-33-32-48(45-23-11-12-25-49(45)52)51-35-50-43-21-8-7-16-39(43)30-31-47(50)44-22-9-10-24-46(44)51/h1-35H. The van der Waals surface area contributed by atoms with Crippen LogP contribution < -0.4 is 4.90 Å². The summed E-state index contributed by atoms with van der Waals surface area (Å²) in [5, 5.41) is 10.1. The molecule has 0 radical (unpaired) electrons. The monoisotopic (exact) mass is 673 g/mol. The Hall–Kier alpha value is -6.96. The van der Waals surface area contributed by atoms with Gasteiger partial charge in [-0.05, 0) is 107 Å². The Morgan fingerprint density at radius 3 is 1.53 bits per heavy atom. The van der Waals surface area contributed by atoms with E-state index in [2.05, 4.69) is 217 Å². The second kappa shape index (κ2) is 13.0. The van der Waals surface area contributed by atoms with E-state index in [1.807, 2.05) is 0 Å². The van der Waals surface area contributed by atoms with Crippen molar-refractivity contribution in [2.45, 2.75) is 0 Å². The van der Waals surface area contributed by atoms with Crippen LogP contribution in [0.4, 0.5) is 17.1 Å². The molecule has 0 fully saturated rings. The molecule has 0 atom stereocenters. The molecule has 0 amide bonds. The first-order valence-corrected chi connectivity index (χ1v) is 18.3. The van der Waals surface area contributed by atoms with Gasteiger partial charge in [0.1, 0.15) is 0 Å². The molecule has 53 heavy (non-hydrogen) atoms. The first-order chi connectivity index (χ1) is 26.3. The number of fused-ring (bicyclic) bond motifs is 6. The van der Waals surface area contributed by atoms with Gasteiger partial charge in [0.05, 0.1) is 5.69 Å².